The molecular weight excluding hydrogens is 338 g/mol. The van der Waals surface area contributed by atoms with Crippen LogP contribution in [-0.2, 0) is 11.2 Å². The summed E-state index contributed by atoms with van der Waals surface area (Å²) in [4.78, 5) is 31.4. The number of piperazine rings is 1. The molecule has 0 saturated carbocycles. The van der Waals surface area contributed by atoms with E-state index in [1.807, 2.05) is 53.1 Å². The second kappa shape index (κ2) is 7.43. The summed E-state index contributed by atoms with van der Waals surface area (Å²) in [6.07, 6.45) is 1.24. The molecule has 0 N–H and O–H groups in total. The van der Waals surface area contributed by atoms with Crippen LogP contribution < -0.4 is 9.80 Å². The lowest BCUT2D eigenvalue weighted by Crippen LogP contribution is -2.49. The van der Waals surface area contributed by atoms with Crippen molar-refractivity contribution in [2.45, 2.75) is 19.8 Å². The second-order valence-electron chi connectivity index (χ2n) is 7.07. The number of nitrogens with zero attached hydrogens (tertiary/aromatic N) is 3. The minimum absolute atomic E-state index is 0.0883. The lowest BCUT2D eigenvalue weighted by Gasteiger charge is -2.36. The molecule has 0 bridgehead atoms. The first-order valence-corrected chi connectivity index (χ1v) is 9.70. The van der Waals surface area contributed by atoms with E-state index in [1.54, 1.807) is 0 Å². The number of para-hydroxylation sites is 1. The van der Waals surface area contributed by atoms with Gasteiger partial charge in [0.05, 0.1) is 0 Å². The highest BCUT2D eigenvalue weighted by atomic mass is 16.2. The largest absolute Gasteiger partial charge is 0.368 e. The van der Waals surface area contributed by atoms with Crippen LogP contribution in [0, 0.1) is 0 Å². The van der Waals surface area contributed by atoms with Gasteiger partial charge in [0.25, 0.3) is 5.91 Å². The third-order valence-corrected chi connectivity index (χ3v) is 5.55. The van der Waals surface area contributed by atoms with E-state index in [-0.39, 0.29) is 11.8 Å². The molecule has 2 heterocycles. The van der Waals surface area contributed by atoms with E-state index in [0.717, 1.165) is 49.4 Å². The van der Waals surface area contributed by atoms with E-state index in [0.29, 0.717) is 13.0 Å². The summed E-state index contributed by atoms with van der Waals surface area (Å²) in [5.41, 5.74) is 3.90. The standard InChI is InChI=1S/C22H25N3O2/c1-2-21(26)25-12-11-18-19(9-6-10-20(18)25)22(27)24-15-13-23(14-16-24)17-7-4-3-5-8-17/h3-10H,2,11-16H2,1H3. The molecule has 0 aliphatic carbocycles. The molecule has 0 unspecified atom stereocenters. The Bertz CT molecular complexity index is 842. The van der Waals surface area contributed by atoms with Crippen molar-refractivity contribution >= 4 is 23.2 Å². The van der Waals surface area contributed by atoms with Crippen LogP contribution in [-0.4, -0.2) is 49.4 Å². The van der Waals surface area contributed by atoms with Gasteiger partial charge < -0.3 is 14.7 Å². The lowest BCUT2D eigenvalue weighted by atomic mass is 10.0. The number of benzene rings is 2. The molecule has 0 aromatic heterocycles. The average molecular weight is 363 g/mol. The lowest BCUT2D eigenvalue weighted by molar-refractivity contribution is -0.118. The van der Waals surface area contributed by atoms with Gasteiger partial charge in [-0.05, 0) is 36.2 Å². The minimum Gasteiger partial charge on any atom is -0.368 e. The summed E-state index contributed by atoms with van der Waals surface area (Å²) in [7, 11) is 0. The van der Waals surface area contributed by atoms with Crippen molar-refractivity contribution < 1.29 is 9.59 Å². The minimum atomic E-state index is 0.0883. The van der Waals surface area contributed by atoms with E-state index in [1.165, 1.54) is 5.69 Å². The maximum atomic E-state index is 13.2. The Balaban J connectivity index is 1.49. The van der Waals surface area contributed by atoms with Gasteiger partial charge in [-0.1, -0.05) is 31.2 Å². The second-order valence-corrected chi connectivity index (χ2v) is 7.07. The highest BCUT2D eigenvalue weighted by Crippen LogP contribution is 2.32. The SMILES string of the molecule is CCC(=O)N1CCc2c(C(=O)N3CCN(c4ccccc4)CC3)cccc21. The number of carbonyl (C=O) groups excluding carboxylic acids is 2. The molecular formula is C22H25N3O2. The number of hydrogen-bond donors (Lipinski definition) is 0. The Labute approximate surface area is 160 Å². The molecule has 0 spiro atoms. The molecule has 4 rings (SSSR count). The van der Waals surface area contributed by atoms with Gasteiger partial charge in [-0.3, -0.25) is 9.59 Å². The molecule has 27 heavy (non-hydrogen) atoms. The van der Waals surface area contributed by atoms with E-state index >= 15 is 0 Å². The Morgan fingerprint density at radius 3 is 2.33 bits per heavy atom. The highest BCUT2D eigenvalue weighted by Gasteiger charge is 2.30. The van der Waals surface area contributed by atoms with Gasteiger partial charge in [-0.15, -0.1) is 0 Å². The summed E-state index contributed by atoms with van der Waals surface area (Å²) < 4.78 is 0. The first-order chi connectivity index (χ1) is 13.2. The smallest absolute Gasteiger partial charge is 0.254 e. The predicted molar refractivity (Wildman–Crippen MR) is 107 cm³/mol. The molecule has 2 aromatic carbocycles. The molecule has 0 radical (unpaired) electrons. The summed E-state index contributed by atoms with van der Waals surface area (Å²) in [6, 6.07) is 16.1. The highest BCUT2D eigenvalue weighted by molar-refractivity contribution is 6.01. The van der Waals surface area contributed by atoms with Gasteiger partial charge >= 0.3 is 0 Å². The quantitative estimate of drug-likeness (QED) is 0.842. The molecule has 2 aromatic rings. The third-order valence-electron chi connectivity index (χ3n) is 5.55. The number of carbonyl (C=O) groups is 2. The molecule has 1 saturated heterocycles. The topological polar surface area (TPSA) is 43.9 Å². The Morgan fingerprint density at radius 1 is 0.889 bits per heavy atom. The number of rotatable bonds is 3. The third kappa shape index (κ3) is 3.29. The Kier molecular flexibility index (Phi) is 4.84. The van der Waals surface area contributed by atoms with E-state index in [2.05, 4.69) is 17.0 Å². The predicted octanol–water partition coefficient (Wildman–Crippen LogP) is 2.95. The van der Waals surface area contributed by atoms with Crippen LogP contribution in [0.15, 0.2) is 48.5 Å². The van der Waals surface area contributed by atoms with E-state index < -0.39 is 0 Å². The zero-order valence-corrected chi connectivity index (χ0v) is 15.7. The molecule has 140 valence electrons. The van der Waals surface area contributed by atoms with Crippen LogP contribution in [0.5, 0.6) is 0 Å². The summed E-state index contributed by atoms with van der Waals surface area (Å²) in [5.74, 6) is 0.209. The fourth-order valence-electron chi connectivity index (χ4n) is 4.06. The van der Waals surface area contributed by atoms with Crippen molar-refractivity contribution in [2.24, 2.45) is 0 Å². The zero-order valence-electron chi connectivity index (χ0n) is 15.7. The summed E-state index contributed by atoms with van der Waals surface area (Å²) >= 11 is 0. The monoisotopic (exact) mass is 363 g/mol. The van der Waals surface area contributed by atoms with Crippen LogP contribution in [0.25, 0.3) is 0 Å². The molecule has 2 aliphatic heterocycles. The summed E-state index contributed by atoms with van der Waals surface area (Å²) in [5, 5.41) is 0. The van der Waals surface area contributed by atoms with E-state index in [4.69, 9.17) is 0 Å². The van der Waals surface area contributed by atoms with Gasteiger partial charge in [0.15, 0.2) is 0 Å². The molecule has 1 fully saturated rings. The Hall–Kier alpha value is -2.82. The van der Waals surface area contributed by atoms with Gasteiger partial charge in [0.1, 0.15) is 0 Å². The van der Waals surface area contributed by atoms with Crippen molar-refractivity contribution in [3.05, 3.63) is 59.7 Å². The number of fused-ring (bicyclic) bond motifs is 1. The zero-order chi connectivity index (χ0) is 18.8. The van der Waals surface area contributed by atoms with Crippen LogP contribution in [0.3, 0.4) is 0 Å². The van der Waals surface area contributed by atoms with Crippen molar-refractivity contribution in [1.29, 1.82) is 0 Å². The van der Waals surface area contributed by atoms with Crippen molar-refractivity contribution in [2.75, 3.05) is 42.5 Å². The number of hydrogen-bond acceptors (Lipinski definition) is 3. The normalized spacial score (nSPS) is 16.4. The van der Waals surface area contributed by atoms with Crippen molar-refractivity contribution in [3.8, 4) is 0 Å². The summed E-state index contributed by atoms with van der Waals surface area (Å²) in [6.45, 7) is 5.66. The molecule has 2 aliphatic rings. The first-order valence-electron chi connectivity index (χ1n) is 9.70. The fraction of sp³-hybridized carbons (Fsp3) is 0.364. The van der Waals surface area contributed by atoms with Crippen LogP contribution in [0.2, 0.25) is 0 Å². The maximum absolute atomic E-state index is 13.2. The average Bonchev–Trinajstić information content (AvgIpc) is 3.18. The van der Waals surface area contributed by atoms with Crippen molar-refractivity contribution in [1.82, 2.24) is 4.90 Å². The van der Waals surface area contributed by atoms with Gasteiger partial charge in [-0.25, -0.2) is 0 Å². The van der Waals surface area contributed by atoms with Crippen LogP contribution in [0.1, 0.15) is 29.3 Å². The number of anilines is 2. The van der Waals surface area contributed by atoms with Crippen molar-refractivity contribution in [3.63, 3.8) is 0 Å². The Morgan fingerprint density at radius 2 is 1.63 bits per heavy atom. The van der Waals surface area contributed by atoms with Gasteiger partial charge in [-0.2, -0.15) is 0 Å². The molecule has 5 nitrogen and oxygen atoms in total. The van der Waals surface area contributed by atoms with Crippen LogP contribution >= 0.6 is 0 Å². The fourth-order valence-corrected chi connectivity index (χ4v) is 4.06. The molecule has 5 heteroatoms. The number of amides is 2. The first kappa shape index (κ1) is 17.6. The van der Waals surface area contributed by atoms with Gasteiger partial charge in [0, 0.05) is 56.1 Å². The molecule has 0 atom stereocenters. The van der Waals surface area contributed by atoms with Crippen LogP contribution in [0.4, 0.5) is 11.4 Å². The maximum Gasteiger partial charge on any atom is 0.254 e. The molecule has 2 amide bonds. The van der Waals surface area contributed by atoms with Gasteiger partial charge in [0.2, 0.25) is 5.91 Å². The van der Waals surface area contributed by atoms with E-state index in [9.17, 15) is 9.59 Å².